The van der Waals surface area contributed by atoms with Crippen molar-refractivity contribution in [1.82, 2.24) is 0 Å². The van der Waals surface area contributed by atoms with E-state index in [1.54, 1.807) is 12.2 Å². The van der Waals surface area contributed by atoms with Crippen LogP contribution in [0.3, 0.4) is 0 Å². The molecule has 0 aliphatic heterocycles. The quantitative estimate of drug-likeness (QED) is 0.0156. The van der Waals surface area contributed by atoms with Gasteiger partial charge in [-0.2, -0.15) is 0 Å². The third kappa shape index (κ3) is 42.4. The number of allylic oxidation sites excluding steroid dienone is 10. The molecule has 0 aromatic rings. The largest absolute Gasteiger partial charge is 0.469 e. The molecule has 0 aliphatic rings. The van der Waals surface area contributed by atoms with Crippen molar-refractivity contribution in [3.05, 3.63) is 60.8 Å². The predicted octanol–water partition coefficient (Wildman–Crippen LogP) is 12.5. The first kappa shape index (κ1) is 52.4. The summed E-state index contributed by atoms with van der Waals surface area (Å²) in [6, 6.07) is 0. The molecule has 1 atom stereocenters. The molecule has 0 aliphatic carbocycles. The van der Waals surface area contributed by atoms with E-state index in [9.17, 15) is 18.9 Å². The molecule has 0 aromatic carbocycles. The molecule has 0 radical (unpaired) electrons. The van der Waals surface area contributed by atoms with Crippen LogP contribution < -0.4 is 0 Å². The summed E-state index contributed by atoms with van der Waals surface area (Å²) in [6.07, 6.45) is 46.4. The van der Waals surface area contributed by atoms with Crippen molar-refractivity contribution in [2.24, 2.45) is 0 Å². The van der Waals surface area contributed by atoms with Gasteiger partial charge in [0, 0.05) is 19.3 Å². The zero-order valence-electron chi connectivity index (χ0n) is 34.6. The SMILES string of the molecule is CCCCCCCC/C=C\CCCCCCCCCCCC(=O)OC[C@H](COP(=O)(O)O)OC(=O)CCC/C=C\C/C=C\C/C=C\C=C\C(=O)CCCCC. The molecule has 0 bridgehead atoms. The molecule has 0 fully saturated rings. The number of ether oxygens (including phenoxy) is 2. The molecule has 0 aromatic heterocycles. The molecule has 9 nitrogen and oxygen atoms in total. The maximum atomic E-state index is 12.4. The molecular formula is C45H77O9P. The Kier molecular flexibility index (Phi) is 37.8. The summed E-state index contributed by atoms with van der Waals surface area (Å²) >= 11 is 0. The molecular weight excluding hydrogens is 715 g/mol. The third-order valence-electron chi connectivity index (χ3n) is 8.99. The second-order valence-electron chi connectivity index (χ2n) is 14.3. The number of phosphoric ester groups is 1. The van der Waals surface area contributed by atoms with E-state index in [4.69, 9.17) is 19.3 Å². The van der Waals surface area contributed by atoms with E-state index in [0.29, 0.717) is 25.7 Å². The van der Waals surface area contributed by atoms with Gasteiger partial charge in [0.05, 0.1) is 6.61 Å². The van der Waals surface area contributed by atoms with Gasteiger partial charge in [0.2, 0.25) is 0 Å². The van der Waals surface area contributed by atoms with Crippen LogP contribution in [0.15, 0.2) is 60.8 Å². The first-order valence-corrected chi connectivity index (χ1v) is 23.1. The summed E-state index contributed by atoms with van der Waals surface area (Å²) < 4.78 is 26.3. The van der Waals surface area contributed by atoms with Gasteiger partial charge in [-0.3, -0.25) is 18.9 Å². The Labute approximate surface area is 334 Å². The Morgan fingerprint density at radius 2 is 1.00 bits per heavy atom. The number of hydrogen-bond acceptors (Lipinski definition) is 7. The normalized spacial score (nSPS) is 12.9. The minimum Gasteiger partial charge on any atom is -0.462 e. The van der Waals surface area contributed by atoms with Crippen molar-refractivity contribution in [1.29, 1.82) is 0 Å². The summed E-state index contributed by atoms with van der Waals surface area (Å²) in [5.41, 5.74) is 0. The molecule has 0 heterocycles. The van der Waals surface area contributed by atoms with Gasteiger partial charge in [0.1, 0.15) is 6.61 Å². The lowest BCUT2D eigenvalue weighted by Crippen LogP contribution is -2.29. The Morgan fingerprint density at radius 3 is 1.62 bits per heavy atom. The van der Waals surface area contributed by atoms with Crippen molar-refractivity contribution in [2.75, 3.05) is 13.2 Å². The lowest BCUT2D eigenvalue weighted by atomic mass is 10.1. The highest BCUT2D eigenvalue weighted by molar-refractivity contribution is 7.46. The molecule has 55 heavy (non-hydrogen) atoms. The van der Waals surface area contributed by atoms with Crippen LogP contribution in [0.4, 0.5) is 0 Å². The number of phosphoric acid groups is 1. The fourth-order valence-corrected chi connectivity index (χ4v) is 6.09. The van der Waals surface area contributed by atoms with Crippen LogP contribution in [-0.2, 0) is 32.9 Å². The Bertz CT molecular complexity index is 1140. The van der Waals surface area contributed by atoms with E-state index < -0.39 is 32.5 Å². The minimum atomic E-state index is -4.79. The van der Waals surface area contributed by atoms with Gasteiger partial charge in [-0.1, -0.05) is 158 Å². The fourth-order valence-electron chi connectivity index (χ4n) is 5.73. The Morgan fingerprint density at radius 1 is 0.527 bits per heavy atom. The monoisotopic (exact) mass is 793 g/mol. The average Bonchev–Trinajstić information content (AvgIpc) is 3.15. The topological polar surface area (TPSA) is 136 Å². The molecule has 0 saturated heterocycles. The molecule has 0 saturated carbocycles. The molecule has 0 unspecified atom stereocenters. The van der Waals surface area contributed by atoms with Crippen LogP contribution >= 0.6 is 7.82 Å². The lowest BCUT2D eigenvalue weighted by Gasteiger charge is -2.18. The molecule has 10 heteroatoms. The van der Waals surface area contributed by atoms with Crippen LogP contribution in [0, 0.1) is 0 Å². The number of unbranched alkanes of at least 4 members (excludes halogenated alkanes) is 18. The van der Waals surface area contributed by atoms with Crippen LogP contribution in [0.5, 0.6) is 0 Å². The Hall–Kier alpha value is -2.58. The maximum absolute atomic E-state index is 12.4. The standard InChI is InChI=1S/C45H77O9P/c1-3-5-7-8-9-10-11-12-13-14-15-16-17-18-21-24-27-30-34-38-44(47)52-40-43(41-53-55(49,50)51)54-45(48)39-35-31-28-25-22-19-20-23-26-29-33-37-42(46)36-32-6-4-2/h12-13,19-20,25-26,28-29,33,37,43H,3-11,14-18,21-24,27,30-32,34-36,38-41H2,1-2H3,(H2,49,50,51)/b13-12-,20-19-,28-25-,29-26-,37-33+/t43-/m1/s1. The second-order valence-corrected chi connectivity index (χ2v) is 15.6. The van der Waals surface area contributed by atoms with Crippen molar-refractivity contribution in [2.45, 2.75) is 193 Å². The van der Waals surface area contributed by atoms with Gasteiger partial charge < -0.3 is 19.3 Å². The van der Waals surface area contributed by atoms with Gasteiger partial charge >= 0.3 is 19.8 Å². The summed E-state index contributed by atoms with van der Waals surface area (Å²) in [7, 11) is -4.79. The zero-order valence-corrected chi connectivity index (χ0v) is 35.5. The Balaban J connectivity index is 4.04. The minimum absolute atomic E-state index is 0.108. The lowest BCUT2D eigenvalue weighted by molar-refractivity contribution is -0.161. The molecule has 0 amide bonds. The maximum Gasteiger partial charge on any atom is 0.469 e. The van der Waals surface area contributed by atoms with E-state index in [2.05, 4.69) is 30.5 Å². The second kappa shape index (κ2) is 39.6. The van der Waals surface area contributed by atoms with Crippen LogP contribution in [-0.4, -0.2) is 46.8 Å². The zero-order chi connectivity index (χ0) is 40.5. The van der Waals surface area contributed by atoms with E-state index in [1.165, 1.54) is 83.5 Å². The molecule has 0 spiro atoms. The molecule has 2 N–H and O–H groups in total. The molecule has 0 rings (SSSR count). The van der Waals surface area contributed by atoms with Gasteiger partial charge in [0.25, 0.3) is 0 Å². The highest BCUT2D eigenvalue weighted by Gasteiger charge is 2.22. The fraction of sp³-hybridized carbons (Fsp3) is 0.711. The number of hydrogen-bond donors (Lipinski definition) is 2. The summed E-state index contributed by atoms with van der Waals surface area (Å²) in [6.45, 7) is 3.47. The van der Waals surface area contributed by atoms with E-state index in [0.717, 1.165) is 51.4 Å². The van der Waals surface area contributed by atoms with Crippen LogP contribution in [0.25, 0.3) is 0 Å². The highest BCUT2D eigenvalue weighted by atomic mass is 31.2. The first-order chi connectivity index (χ1) is 26.7. The van der Waals surface area contributed by atoms with Crippen molar-refractivity contribution < 1.29 is 42.7 Å². The smallest absolute Gasteiger partial charge is 0.462 e. The van der Waals surface area contributed by atoms with E-state index in [1.807, 2.05) is 36.5 Å². The van der Waals surface area contributed by atoms with Crippen molar-refractivity contribution >= 4 is 25.5 Å². The van der Waals surface area contributed by atoms with Gasteiger partial charge in [-0.15, -0.1) is 0 Å². The van der Waals surface area contributed by atoms with Crippen LogP contribution in [0.1, 0.15) is 187 Å². The number of rotatable bonds is 39. The van der Waals surface area contributed by atoms with E-state index >= 15 is 0 Å². The number of ketones is 1. The van der Waals surface area contributed by atoms with E-state index in [-0.39, 0.29) is 25.2 Å². The number of carbonyl (C=O) groups is 3. The predicted molar refractivity (Wildman–Crippen MR) is 226 cm³/mol. The van der Waals surface area contributed by atoms with Crippen molar-refractivity contribution in [3.8, 4) is 0 Å². The first-order valence-electron chi connectivity index (χ1n) is 21.5. The third-order valence-corrected chi connectivity index (χ3v) is 9.47. The van der Waals surface area contributed by atoms with Gasteiger partial charge in [-0.25, -0.2) is 4.57 Å². The van der Waals surface area contributed by atoms with Crippen LogP contribution in [0.2, 0.25) is 0 Å². The summed E-state index contributed by atoms with van der Waals surface area (Å²) in [5.74, 6) is -0.825. The number of carbonyl (C=O) groups excluding carboxylic acids is 3. The van der Waals surface area contributed by atoms with Gasteiger partial charge in [0.15, 0.2) is 11.9 Å². The summed E-state index contributed by atoms with van der Waals surface area (Å²) in [5, 5.41) is 0. The van der Waals surface area contributed by atoms with Crippen molar-refractivity contribution in [3.63, 3.8) is 0 Å². The highest BCUT2D eigenvalue weighted by Crippen LogP contribution is 2.36. The average molecular weight is 793 g/mol. The van der Waals surface area contributed by atoms with Gasteiger partial charge in [-0.05, 0) is 70.3 Å². The molecule has 316 valence electrons. The summed E-state index contributed by atoms with van der Waals surface area (Å²) in [4.78, 5) is 54.5. The number of esters is 2.